The monoisotopic (exact) mass is 163 g/mol. The quantitative estimate of drug-likeness (QED) is 0.522. The lowest BCUT2D eigenvalue weighted by Crippen LogP contribution is -1.80. The summed E-state index contributed by atoms with van der Waals surface area (Å²) in [6.45, 7) is 3.57. The average Bonchev–Trinajstić information content (AvgIpc) is 2.07. The minimum absolute atomic E-state index is 0.834. The van der Waals surface area contributed by atoms with E-state index in [2.05, 4.69) is 24.2 Å². The molecule has 1 heterocycles. The SMILES string of the molecule is C=C/C=C(\S)c1ccccn1. The minimum atomic E-state index is 0.834. The minimum Gasteiger partial charge on any atom is -0.256 e. The van der Waals surface area contributed by atoms with Gasteiger partial charge in [-0.2, -0.15) is 0 Å². The van der Waals surface area contributed by atoms with E-state index in [4.69, 9.17) is 0 Å². The van der Waals surface area contributed by atoms with E-state index in [0.29, 0.717) is 0 Å². The summed E-state index contributed by atoms with van der Waals surface area (Å²) < 4.78 is 0. The Labute approximate surface area is 71.9 Å². The molecule has 0 aliphatic rings. The van der Waals surface area contributed by atoms with Gasteiger partial charge in [0.05, 0.1) is 5.69 Å². The number of aromatic nitrogens is 1. The number of allylic oxidation sites excluding steroid dienone is 2. The molecule has 0 radical (unpaired) electrons. The summed E-state index contributed by atoms with van der Waals surface area (Å²) in [5.41, 5.74) is 0.871. The molecular formula is C9H9NS. The number of hydrogen-bond donors (Lipinski definition) is 1. The van der Waals surface area contributed by atoms with Crippen LogP contribution in [0.4, 0.5) is 0 Å². The summed E-state index contributed by atoms with van der Waals surface area (Å²) in [7, 11) is 0. The molecule has 11 heavy (non-hydrogen) atoms. The summed E-state index contributed by atoms with van der Waals surface area (Å²) in [5, 5.41) is 0. The molecule has 1 aromatic heterocycles. The van der Waals surface area contributed by atoms with Crippen molar-refractivity contribution >= 4 is 17.5 Å². The van der Waals surface area contributed by atoms with Crippen molar-refractivity contribution in [2.45, 2.75) is 0 Å². The Kier molecular flexibility index (Phi) is 2.93. The number of rotatable bonds is 2. The molecule has 1 nitrogen and oxygen atoms in total. The van der Waals surface area contributed by atoms with Crippen LogP contribution in [0.15, 0.2) is 43.1 Å². The number of pyridine rings is 1. The van der Waals surface area contributed by atoms with E-state index >= 15 is 0 Å². The van der Waals surface area contributed by atoms with Crippen LogP contribution in [-0.4, -0.2) is 4.98 Å². The summed E-state index contributed by atoms with van der Waals surface area (Å²) in [6, 6.07) is 5.70. The highest BCUT2D eigenvalue weighted by molar-refractivity contribution is 7.90. The molecule has 0 aliphatic heterocycles. The molecule has 0 amide bonds. The predicted molar refractivity (Wildman–Crippen MR) is 51.4 cm³/mol. The predicted octanol–water partition coefficient (Wildman–Crippen LogP) is 2.54. The molecule has 0 unspecified atom stereocenters. The third-order valence-electron chi connectivity index (χ3n) is 1.20. The van der Waals surface area contributed by atoms with Gasteiger partial charge in [-0.3, -0.25) is 4.98 Å². The first-order chi connectivity index (χ1) is 5.34. The summed E-state index contributed by atoms with van der Waals surface area (Å²) in [6.07, 6.45) is 5.24. The summed E-state index contributed by atoms with van der Waals surface area (Å²) in [4.78, 5) is 4.94. The first-order valence-corrected chi connectivity index (χ1v) is 3.72. The Morgan fingerprint density at radius 1 is 1.55 bits per heavy atom. The summed E-state index contributed by atoms with van der Waals surface area (Å²) >= 11 is 4.23. The standard InChI is InChI=1S/C9H9NS/c1-2-5-9(11)8-6-3-4-7-10-8/h2-7,11H,1H2/b9-5-. The van der Waals surface area contributed by atoms with Gasteiger partial charge in [0.2, 0.25) is 0 Å². The van der Waals surface area contributed by atoms with E-state index in [-0.39, 0.29) is 0 Å². The van der Waals surface area contributed by atoms with Gasteiger partial charge in [0.1, 0.15) is 0 Å². The van der Waals surface area contributed by atoms with Gasteiger partial charge in [-0.05, 0) is 18.2 Å². The Bertz CT molecular complexity index is 264. The lowest BCUT2D eigenvalue weighted by Gasteiger charge is -1.95. The van der Waals surface area contributed by atoms with E-state index in [0.717, 1.165) is 10.6 Å². The van der Waals surface area contributed by atoms with Crippen LogP contribution in [0.25, 0.3) is 4.91 Å². The molecule has 0 spiro atoms. The molecule has 1 aromatic rings. The number of thiol groups is 1. The van der Waals surface area contributed by atoms with Crippen molar-refractivity contribution in [3.63, 3.8) is 0 Å². The van der Waals surface area contributed by atoms with Crippen molar-refractivity contribution in [2.24, 2.45) is 0 Å². The molecule has 0 aromatic carbocycles. The third-order valence-corrected chi connectivity index (χ3v) is 1.58. The summed E-state index contributed by atoms with van der Waals surface area (Å²) in [5.74, 6) is 0. The molecule has 0 atom stereocenters. The van der Waals surface area contributed by atoms with E-state index < -0.39 is 0 Å². The topological polar surface area (TPSA) is 12.9 Å². The van der Waals surface area contributed by atoms with Crippen LogP contribution in [0.3, 0.4) is 0 Å². The van der Waals surface area contributed by atoms with Crippen LogP contribution in [-0.2, 0) is 0 Å². The van der Waals surface area contributed by atoms with Crippen molar-refractivity contribution in [2.75, 3.05) is 0 Å². The van der Waals surface area contributed by atoms with Gasteiger partial charge in [-0.15, -0.1) is 12.6 Å². The van der Waals surface area contributed by atoms with E-state index in [1.165, 1.54) is 0 Å². The van der Waals surface area contributed by atoms with Crippen LogP contribution in [0.1, 0.15) is 5.69 Å². The number of nitrogens with zero attached hydrogens (tertiary/aromatic N) is 1. The molecule has 0 fully saturated rings. The number of hydrogen-bond acceptors (Lipinski definition) is 2. The molecule has 0 bridgehead atoms. The van der Waals surface area contributed by atoms with Gasteiger partial charge in [-0.25, -0.2) is 0 Å². The maximum atomic E-state index is 4.23. The van der Waals surface area contributed by atoms with Crippen LogP contribution in [0, 0.1) is 0 Å². The molecular weight excluding hydrogens is 154 g/mol. The van der Waals surface area contributed by atoms with E-state index in [9.17, 15) is 0 Å². The second kappa shape index (κ2) is 3.98. The van der Waals surface area contributed by atoms with Gasteiger partial charge in [0.25, 0.3) is 0 Å². The van der Waals surface area contributed by atoms with Crippen LogP contribution in [0.5, 0.6) is 0 Å². The largest absolute Gasteiger partial charge is 0.256 e. The van der Waals surface area contributed by atoms with Gasteiger partial charge in [0, 0.05) is 11.1 Å². The lowest BCUT2D eigenvalue weighted by molar-refractivity contribution is 1.29. The molecule has 0 N–H and O–H groups in total. The highest BCUT2D eigenvalue weighted by Crippen LogP contribution is 2.14. The average molecular weight is 163 g/mol. The van der Waals surface area contributed by atoms with Crippen molar-refractivity contribution < 1.29 is 0 Å². The van der Waals surface area contributed by atoms with E-state index in [1.807, 2.05) is 24.3 Å². The fourth-order valence-corrected chi connectivity index (χ4v) is 0.949. The zero-order valence-electron chi connectivity index (χ0n) is 6.07. The maximum Gasteiger partial charge on any atom is 0.0762 e. The fraction of sp³-hybridized carbons (Fsp3) is 0. The second-order valence-corrected chi connectivity index (χ2v) is 2.48. The molecule has 0 saturated carbocycles. The molecule has 0 saturated heterocycles. The van der Waals surface area contributed by atoms with Crippen molar-refractivity contribution in [1.82, 2.24) is 4.98 Å². The Morgan fingerprint density at radius 3 is 2.91 bits per heavy atom. The Hall–Kier alpha value is -1.02. The Morgan fingerprint density at radius 2 is 2.36 bits per heavy atom. The second-order valence-electron chi connectivity index (χ2n) is 2.00. The van der Waals surface area contributed by atoms with Gasteiger partial charge in [0.15, 0.2) is 0 Å². The first kappa shape index (κ1) is 8.08. The zero-order valence-corrected chi connectivity index (χ0v) is 6.96. The van der Waals surface area contributed by atoms with Crippen molar-refractivity contribution in [3.8, 4) is 0 Å². The smallest absolute Gasteiger partial charge is 0.0762 e. The highest BCUT2D eigenvalue weighted by atomic mass is 32.1. The zero-order chi connectivity index (χ0) is 8.10. The molecule has 1 rings (SSSR count). The molecule has 0 aliphatic carbocycles. The fourth-order valence-electron chi connectivity index (χ4n) is 0.711. The van der Waals surface area contributed by atoms with Gasteiger partial charge in [-0.1, -0.05) is 18.7 Å². The normalized spacial score (nSPS) is 11.2. The van der Waals surface area contributed by atoms with Gasteiger partial charge < -0.3 is 0 Å². The van der Waals surface area contributed by atoms with Gasteiger partial charge >= 0.3 is 0 Å². The van der Waals surface area contributed by atoms with Crippen LogP contribution in [0.2, 0.25) is 0 Å². The maximum absolute atomic E-state index is 4.23. The van der Waals surface area contributed by atoms with E-state index in [1.54, 1.807) is 12.3 Å². The molecule has 56 valence electrons. The third kappa shape index (κ3) is 2.24. The first-order valence-electron chi connectivity index (χ1n) is 3.27. The highest BCUT2D eigenvalue weighted by Gasteiger charge is 1.92. The Balaban J connectivity index is 2.94. The lowest BCUT2D eigenvalue weighted by atomic mass is 10.3. The molecule has 2 heteroatoms. The van der Waals surface area contributed by atoms with Crippen molar-refractivity contribution in [3.05, 3.63) is 48.8 Å². The van der Waals surface area contributed by atoms with Crippen LogP contribution < -0.4 is 0 Å². The van der Waals surface area contributed by atoms with Crippen molar-refractivity contribution in [1.29, 1.82) is 0 Å². The van der Waals surface area contributed by atoms with Crippen LogP contribution >= 0.6 is 12.6 Å².